The maximum Gasteiger partial charge on any atom is 0.323 e. The van der Waals surface area contributed by atoms with Gasteiger partial charge in [0.1, 0.15) is 6.04 Å². The smallest absolute Gasteiger partial charge is 0.323 e. The summed E-state index contributed by atoms with van der Waals surface area (Å²) >= 11 is 0. The third-order valence-electron chi connectivity index (χ3n) is 3.35. The first-order valence-electron chi connectivity index (χ1n) is 7.54. The third kappa shape index (κ3) is 5.14. The first-order valence-corrected chi connectivity index (χ1v) is 9.02. The second-order valence-electron chi connectivity index (χ2n) is 5.39. The number of carbonyl (C=O) groups is 1. The maximum absolute atomic E-state index is 12.2. The molecule has 2 aromatic rings. The minimum absolute atomic E-state index is 0.112. The van der Waals surface area contributed by atoms with E-state index in [1.54, 1.807) is 24.4 Å². The Bertz CT molecular complexity index is 774. The molecule has 0 aliphatic heterocycles. The Balaban J connectivity index is 1.87. The van der Waals surface area contributed by atoms with Crippen molar-refractivity contribution in [1.82, 2.24) is 9.71 Å². The van der Waals surface area contributed by atoms with Crippen LogP contribution in [0, 0.1) is 6.92 Å². The second-order valence-corrected chi connectivity index (χ2v) is 7.11. The quantitative estimate of drug-likeness (QED) is 0.772. The van der Waals surface area contributed by atoms with Crippen molar-refractivity contribution in [1.29, 1.82) is 0 Å². The van der Waals surface area contributed by atoms with Gasteiger partial charge in [0.25, 0.3) is 0 Å². The second kappa shape index (κ2) is 8.03. The fraction of sp³-hybridized carbons (Fsp3) is 0.294. The fourth-order valence-corrected chi connectivity index (χ4v) is 3.19. The minimum Gasteiger partial charge on any atom is -0.464 e. The molecule has 1 atom stereocenters. The molecule has 0 aliphatic carbocycles. The Morgan fingerprint density at radius 2 is 1.92 bits per heavy atom. The molecule has 7 heteroatoms. The highest BCUT2D eigenvalue weighted by Gasteiger charge is 2.22. The average molecular weight is 348 g/mol. The van der Waals surface area contributed by atoms with Gasteiger partial charge in [0.15, 0.2) is 0 Å². The Morgan fingerprint density at radius 3 is 2.54 bits per heavy atom. The molecular weight excluding hydrogens is 328 g/mol. The predicted molar refractivity (Wildman–Crippen MR) is 89.9 cm³/mol. The number of benzene rings is 1. The van der Waals surface area contributed by atoms with Gasteiger partial charge in [-0.3, -0.25) is 9.78 Å². The number of ether oxygens (including phenoxy) is 1. The SMILES string of the molecule is Cc1ccc(S(=O)(=O)N[C@@H](C)C(=O)OCCc2ccccn2)cc1. The first-order chi connectivity index (χ1) is 11.4. The van der Waals surface area contributed by atoms with Crippen LogP contribution >= 0.6 is 0 Å². The van der Waals surface area contributed by atoms with Crippen molar-refractivity contribution in [3.05, 3.63) is 59.9 Å². The molecule has 128 valence electrons. The van der Waals surface area contributed by atoms with Gasteiger partial charge in [0.2, 0.25) is 10.0 Å². The molecule has 1 heterocycles. The number of nitrogens with one attached hydrogen (secondary N) is 1. The Labute approximate surface area is 141 Å². The van der Waals surface area contributed by atoms with E-state index in [4.69, 9.17) is 4.74 Å². The van der Waals surface area contributed by atoms with Crippen molar-refractivity contribution < 1.29 is 17.9 Å². The zero-order valence-corrected chi connectivity index (χ0v) is 14.4. The molecule has 0 unspecified atom stereocenters. The molecular formula is C17H20N2O4S. The van der Waals surface area contributed by atoms with E-state index in [-0.39, 0.29) is 11.5 Å². The predicted octanol–water partition coefficient (Wildman–Crippen LogP) is 1.84. The van der Waals surface area contributed by atoms with Crippen LogP contribution in [0.1, 0.15) is 18.2 Å². The van der Waals surface area contributed by atoms with Gasteiger partial charge in [-0.1, -0.05) is 23.8 Å². The zero-order valence-electron chi connectivity index (χ0n) is 13.6. The molecule has 2 rings (SSSR count). The van der Waals surface area contributed by atoms with Crippen molar-refractivity contribution in [2.45, 2.75) is 31.2 Å². The van der Waals surface area contributed by atoms with E-state index in [9.17, 15) is 13.2 Å². The molecule has 0 saturated heterocycles. The van der Waals surface area contributed by atoms with E-state index in [1.165, 1.54) is 19.1 Å². The summed E-state index contributed by atoms with van der Waals surface area (Å²) in [6, 6.07) is 10.9. The van der Waals surface area contributed by atoms with Crippen LogP contribution in [0.4, 0.5) is 0 Å². The third-order valence-corrected chi connectivity index (χ3v) is 4.90. The highest BCUT2D eigenvalue weighted by molar-refractivity contribution is 7.89. The van der Waals surface area contributed by atoms with E-state index in [0.717, 1.165) is 11.3 Å². The van der Waals surface area contributed by atoms with Gasteiger partial charge in [0.05, 0.1) is 11.5 Å². The molecule has 1 aromatic heterocycles. The van der Waals surface area contributed by atoms with Crippen LogP contribution in [0.25, 0.3) is 0 Å². The first kappa shape index (κ1) is 18.1. The summed E-state index contributed by atoms with van der Waals surface area (Å²) in [5.41, 5.74) is 1.76. The van der Waals surface area contributed by atoms with E-state index >= 15 is 0 Å². The number of nitrogens with zero attached hydrogens (tertiary/aromatic N) is 1. The molecule has 0 fully saturated rings. The van der Waals surface area contributed by atoms with Crippen molar-refractivity contribution in [3.8, 4) is 0 Å². The zero-order chi connectivity index (χ0) is 17.6. The Morgan fingerprint density at radius 1 is 1.21 bits per heavy atom. The topological polar surface area (TPSA) is 85.4 Å². The number of sulfonamides is 1. The lowest BCUT2D eigenvalue weighted by atomic mass is 10.2. The molecule has 1 aromatic carbocycles. The van der Waals surface area contributed by atoms with Crippen molar-refractivity contribution in [2.24, 2.45) is 0 Å². The Kier molecular flexibility index (Phi) is 6.05. The lowest BCUT2D eigenvalue weighted by Gasteiger charge is -2.14. The Hall–Kier alpha value is -2.25. The summed E-state index contributed by atoms with van der Waals surface area (Å²) in [6.45, 7) is 3.46. The molecule has 24 heavy (non-hydrogen) atoms. The number of hydrogen-bond acceptors (Lipinski definition) is 5. The van der Waals surface area contributed by atoms with Gasteiger partial charge in [-0.15, -0.1) is 0 Å². The van der Waals surface area contributed by atoms with Crippen LogP contribution in [0.15, 0.2) is 53.6 Å². The van der Waals surface area contributed by atoms with Crippen LogP contribution in [-0.4, -0.2) is 32.0 Å². The molecule has 0 aliphatic rings. The van der Waals surface area contributed by atoms with Crippen LogP contribution in [0.2, 0.25) is 0 Å². The molecule has 0 bridgehead atoms. The van der Waals surface area contributed by atoms with Gasteiger partial charge in [0, 0.05) is 18.3 Å². The van der Waals surface area contributed by atoms with E-state index in [1.807, 2.05) is 19.1 Å². The van der Waals surface area contributed by atoms with Gasteiger partial charge in [-0.25, -0.2) is 8.42 Å². The van der Waals surface area contributed by atoms with Gasteiger partial charge in [-0.2, -0.15) is 4.72 Å². The highest BCUT2D eigenvalue weighted by atomic mass is 32.2. The van der Waals surface area contributed by atoms with Gasteiger partial charge in [-0.05, 0) is 38.1 Å². The number of aromatic nitrogens is 1. The maximum atomic E-state index is 12.2. The lowest BCUT2D eigenvalue weighted by Crippen LogP contribution is -2.39. The van der Waals surface area contributed by atoms with Crippen LogP contribution in [0.3, 0.4) is 0 Å². The van der Waals surface area contributed by atoms with Gasteiger partial charge >= 0.3 is 5.97 Å². The molecule has 0 spiro atoms. The normalized spacial score (nSPS) is 12.6. The summed E-state index contributed by atoms with van der Waals surface area (Å²) in [4.78, 5) is 16.2. The summed E-state index contributed by atoms with van der Waals surface area (Å²) in [7, 11) is -3.76. The number of carbonyl (C=O) groups excluding carboxylic acids is 1. The molecule has 0 radical (unpaired) electrons. The molecule has 0 saturated carbocycles. The fourth-order valence-electron chi connectivity index (χ4n) is 1.99. The number of esters is 1. The number of pyridine rings is 1. The molecule has 0 amide bonds. The summed E-state index contributed by atoms with van der Waals surface area (Å²) < 4.78 is 31.9. The summed E-state index contributed by atoms with van der Waals surface area (Å²) in [6.07, 6.45) is 2.14. The lowest BCUT2D eigenvalue weighted by molar-refractivity contribution is -0.145. The largest absolute Gasteiger partial charge is 0.464 e. The van der Waals surface area contributed by atoms with E-state index < -0.39 is 22.0 Å². The standard InChI is InChI=1S/C17H20N2O4S/c1-13-6-8-16(9-7-13)24(21,22)19-14(2)17(20)23-12-10-15-5-3-4-11-18-15/h3-9,11,14,19H,10,12H2,1-2H3/t14-/m0/s1. The average Bonchev–Trinajstić information content (AvgIpc) is 2.55. The monoisotopic (exact) mass is 348 g/mol. The number of hydrogen-bond donors (Lipinski definition) is 1. The molecule has 1 N–H and O–H groups in total. The molecule has 6 nitrogen and oxygen atoms in total. The summed E-state index contributed by atoms with van der Waals surface area (Å²) in [5.74, 6) is -0.624. The van der Waals surface area contributed by atoms with E-state index in [2.05, 4.69) is 9.71 Å². The summed E-state index contributed by atoms with van der Waals surface area (Å²) in [5, 5.41) is 0. The minimum atomic E-state index is -3.76. The van der Waals surface area contributed by atoms with Crippen LogP contribution in [0.5, 0.6) is 0 Å². The van der Waals surface area contributed by atoms with Crippen molar-refractivity contribution >= 4 is 16.0 Å². The van der Waals surface area contributed by atoms with Crippen molar-refractivity contribution in [3.63, 3.8) is 0 Å². The number of rotatable bonds is 7. The van der Waals surface area contributed by atoms with Crippen LogP contribution < -0.4 is 4.72 Å². The number of aryl methyl sites for hydroxylation is 1. The van der Waals surface area contributed by atoms with Crippen molar-refractivity contribution in [2.75, 3.05) is 6.61 Å². The van der Waals surface area contributed by atoms with Gasteiger partial charge < -0.3 is 4.74 Å². The highest BCUT2D eigenvalue weighted by Crippen LogP contribution is 2.10. The van der Waals surface area contributed by atoms with Crippen LogP contribution in [-0.2, 0) is 26.0 Å². The van der Waals surface area contributed by atoms with E-state index in [0.29, 0.717) is 6.42 Å².